The zero-order valence-electron chi connectivity index (χ0n) is 45.7. The van der Waals surface area contributed by atoms with Crippen molar-refractivity contribution in [2.75, 3.05) is 13.1 Å². The van der Waals surface area contributed by atoms with Gasteiger partial charge in [-0.05, 0) is 64.7 Å². The number of allylic oxidation sites excluding steroid dienone is 4. The molecule has 0 unspecified atom stereocenters. The van der Waals surface area contributed by atoms with Gasteiger partial charge in [-0.25, -0.2) is 0 Å². The molecule has 0 saturated carbocycles. The summed E-state index contributed by atoms with van der Waals surface area (Å²) in [6.07, 6.45) is 2.29. The van der Waals surface area contributed by atoms with E-state index in [4.69, 9.17) is 0 Å². The van der Waals surface area contributed by atoms with E-state index in [1.165, 1.54) is 24.6 Å². The molecule has 0 aromatic rings. The highest BCUT2D eigenvalue weighted by Crippen LogP contribution is 2.15. The fourth-order valence-corrected chi connectivity index (χ4v) is 7.39. The lowest BCUT2D eigenvalue weighted by Crippen LogP contribution is -2.71. The van der Waals surface area contributed by atoms with Gasteiger partial charge in [0.05, 0.1) is 25.6 Å². The first-order valence-corrected chi connectivity index (χ1v) is 25.9. The predicted octanol–water partition coefficient (Wildman–Crippen LogP) is -5.07. The molecule has 0 bridgehead atoms. The van der Waals surface area contributed by atoms with Gasteiger partial charge in [-0.3, -0.25) is 62.3 Å². The average Bonchev–Trinajstić information content (AvgIpc) is 3.37. The Morgan fingerprint density at radius 3 is 1.59 bits per heavy atom. The molecule has 0 aliphatic heterocycles. The number of quaternary nitrogens is 2. The molecule has 30 nitrogen and oxygen atoms in total. The lowest BCUT2D eigenvalue weighted by molar-refractivity contribution is -0.415. The summed E-state index contributed by atoms with van der Waals surface area (Å²) in [6, 6.07) is -13.8. The van der Waals surface area contributed by atoms with Crippen molar-refractivity contribution in [1.82, 2.24) is 47.9 Å². The van der Waals surface area contributed by atoms with Crippen LogP contribution in [0, 0.1) is 18.3 Å². The van der Waals surface area contributed by atoms with Gasteiger partial charge in [-0.2, -0.15) is 0 Å². The van der Waals surface area contributed by atoms with E-state index >= 15 is 0 Å². The van der Waals surface area contributed by atoms with Gasteiger partial charge in [-0.15, -0.1) is 36.3 Å². The van der Waals surface area contributed by atoms with E-state index in [2.05, 4.69) is 59.3 Å². The van der Waals surface area contributed by atoms with Gasteiger partial charge in [-0.1, -0.05) is 27.7 Å². The minimum Gasteiger partial charge on any atom is -0.551 e. The van der Waals surface area contributed by atoms with E-state index in [1.54, 1.807) is 20.8 Å². The zero-order valence-corrected chi connectivity index (χ0v) is 45.7. The van der Waals surface area contributed by atoms with Crippen molar-refractivity contribution >= 4 is 77.0 Å². The van der Waals surface area contributed by atoms with E-state index in [0.717, 1.165) is 19.9 Å². The largest absolute Gasteiger partial charge is 0.551 e. The average molecular weight is 1140 g/mol. The Kier molecular flexibility index (Phi) is 30.9. The third-order valence-corrected chi connectivity index (χ3v) is 12.3. The molecule has 1 rings (SSSR count). The highest BCUT2D eigenvalue weighted by atomic mass is 16.4. The van der Waals surface area contributed by atoms with Crippen LogP contribution in [-0.2, 0) is 62.3 Å². The Morgan fingerprint density at radius 2 is 1.11 bits per heavy atom. The Labute approximate surface area is 461 Å². The molecule has 30 heteroatoms. The van der Waals surface area contributed by atoms with Gasteiger partial charge >= 0.3 is 23.9 Å². The molecular weight excluding hydrogens is 1060 g/mol. The van der Waals surface area contributed by atoms with Crippen molar-refractivity contribution in [3.63, 3.8) is 0 Å². The number of amides is 9. The van der Waals surface area contributed by atoms with Crippen molar-refractivity contribution in [2.24, 2.45) is 11.8 Å². The molecule has 1 aliphatic carbocycles. The van der Waals surface area contributed by atoms with Crippen LogP contribution in [0.4, 0.5) is 0 Å². The highest BCUT2D eigenvalue weighted by molar-refractivity contribution is 5.99. The predicted molar refractivity (Wildman–Crippen MR) is 279 cm³/mol. The van der Waals surface area contributed by atoms with Gasteiger partial charge in [0.25, 0.3) is 5.91 Å². The summed E-state index contributed by atoms with van der Waals surface area (Å²) in [5.74, 6) is -15.6. The molecule has 1 aliphatic rings. The van der Waals surface area contributed by atoms with Crippen LogP contribution in [-0.4, -0.2) is 181 Å². The third-order valence-electron chi connectivity index (χ3n) is 12.3. The maximum absolute atomic E-state index is 13.8. The Morgan fingerprint density at radius 1 is 0.600 bits per heavy atom. The van der Waals surface area contributed by atoms with Gasteiger partial charge in [0, 0.05) is 24.5 Å². The summed E-state index contributed by atoms with van der Waals surface area (Å²) < 4.78 is 0. The SMILES string of the molecule is CC[C@H](C)[C@H]([NH3+])C(=O)N[C@@H](CC(C)C)C(=O)N[C@@H](CC(=O)O)C(=O)N[C@H](C(=O)N[C@@H](C)C(=O)NCC(=O)N[C@@H](CCCC[NH3+])C(=O)N[C@@H](CCC(=O)O)C(=O)N[C@@H](CCC(=O)O)C(=O)N[C@@H](/C=C1/C=CC(O)=C[CH-]1)C(=O)O)[C@@H](C)O. The molecule has 11 atom stereocenters. The Hall–Kier alpha value is -8.12. The van der Waals surface area contributed by atoms with Crippen LogP contribution in [0.5, 0.6) is 0 Å². The van der Waals surface area contributed by atoms with Gasteiger partial charge < -0.3 is 90.0 Å². The topological polar surface area (TPSA) is 507 Å². The van der Waals surface area contributed by atoms with Crippen LogP contribution in [0.15, 0.2) is 35.6 Å². The molecule has 0 fully saturated rings. The molecule has 0 aromatic heterocycles. The number of unbranched alkanes of at least 4 members (excludes halogenated alkanes) is 1. The van der Waals surface area contributed by atoms with Crippen LogP contribution in [0.1, 0.15) is 106 Å². The molecule has 0 aromatic carbocycles. The monoisotopic (exact) mass is 1140 g/mol. The van der Waals surface area contributed by atoms with Crippen molar-refractivity contribution in [2.45, 2.75) is 166 Å². The van der Waals surface area contributed by atoms with E-state index in [-0.39, 0.29) is 42.4 Å². The second kappa shape index (κ2) is 35.4. The molecule has 0 heterocycles. The van der Waals surface area contributed by atoms with Crippen molar-refractivity contribution in [3.05, 3.63) is 42.1 Å². The lowest BCUT2D eigenvalue weighted by Gasteiger charge is -2.27. The summed E-state index contributed by atoms with van der Waals surface area (Å²) in [5.41, 5.74) is 7.84. The zero-order chi connectivity index (χ0) is 61.0. The number of rotatable bonds is 37. The van der Waals surface area contributed by atoms with E-state index < -0.39 is 176 Å². The molecule has 80 heavy (non-hydrogen) atoms. The van der Waals surface area contributed by atoms with Crippen LogP contribution in [0.25, 0.3) is 0 Å². The normalized spacial score (nSPS) is 16.5. The summed E-state index contributed by atoms with van der Waals surface area (Å²) in [7, 11) is 0. The van der Waals surface area contributed by atoms with Crippen LogP contribution < -0.4 is 59.3 Å². The van der Waals surface area contributed by atoms with E-state index in [0.29, 0.717) is 19.4 Å². The Balaban J connectivity index is 3.21. The highest BCUT2D eigenvalue weighted by Gasteiger charge is 2.36. The number of aliphatic carboxylic acids is 4. The van der Waals surface area contributed by atoms with E-state index in [1.807, 2.05) is 6.92 Å². The number of hydrogen-bond acceptors (Lipinski definition) is 15. The second-order valence-electron chi connectivity index (χ2n) is 19.6. The summed E-state index contributed by atoms with van der Waals surface area (Å²) in [6.45, 7) is 9.00. The van der Waals surface area contributed by atoms with Crippen LogP contribution in [0.2, 0.25) is 0 Å². The standard InChI is InChI=1S/C50H78N11O19/c1-7-25(4)40(52)48(77)59-33(20-24(2)3)46(75)58-34(22-39(69)70)47(76)61-41(27(6)62)49(78)54-26(5)42(71)53-23-36(64)55-30(10-8-9-19-51)43(72)56-31(15-17-37(65)66)44(73)57-32(16-18-38(67)68)45(74)60-35(50(79)80)21-28-11-13-29(63)14-12-28/h11-14,21,24-27,30-35,40-41,62-63H,7-10,15-20,22-23,51-52H2,1-6H3,(H,53,71)(H,54,78)(H,55,64)(H,56,72)(H,57,73)(H,58,75)(H,59,77)(H,60,74)(H,61,76)(H,65,66)(H,67,68)(H,69,70)(H,79,80)/q-1/p+2/t25-,26-,27+,30-,31-,32-,33-,34-,35-,40-,41-/m0/s1. The maximum Gasteiger partial charge on any atom is 0.320 e. The number of carbonyl (C=O) groups excluding carboxylic acids is 9. The van der Waals surface area contributed by atoms with Gasteiger partial charge in [0.1, 0.15) is 48.3 Å². The Bertz CT molecular complexity index is 2320. The van der Waals surface area contributed by atoms with Gasteiger partial charge in [0.2, 0.25) is 47.3 Å². The number of nitrogens with one attached hydrogen (secondary N) is 9. The van der Waals surface area contributed by atoms with Crippen molar-refractivity contribution < 1.29 is 104 Å². The summed E-state index contributed by atoms with van der Waals surface area (Å²) >= 11 is 0. The number of hydrogen-bond donors (Lipinski definition) is 17. The fraction of sp³-hybridized carbons (Fsp3) is 0.600. The lowest BCUT2D eigenvalue weighted by atomic mass is 9.97. The van der Waals surface area contributed by atoms with Crippen molar-refractivity contribution in [3.8, 4) is 0 Å². The number of carboxylic acid groups (broad SMARTS) is 4. The van der Waals surface area contributed by atoms with Crippen LogP contribution >= 0.6 is 0 Å². The minimum absolute atomic E-state index is 0.0901. The maximum atomic E-state index is 13.8. The quantitative estimate of drug-likeness (QED) is 0.0204. The minimum atomic E-state index is -1.85. The second-order valence-corrected chi connectivity index (χ2v) is 19.6. The summed E-state index contributed by atoms with van der Waals surface area (Å²) in [4.78, 5) is 168. The van der Waals surface area contributed by atoms with Crippen LogP contribution in [0.3, 0.4) is 0 Å². The molecule has 9 amide bonds. The molecule has 0 saturated heterocycles. The van der Waals surface area contributed by atoms with Gasteiger partial charge in [0.15, 0.2) is 6.04 Å². The fourth-order valence-electron chi connectivity index (χ4n) is 7.39. The first-order valence-electron chi connectivity index (χ1n) is 25.9. The number of aliphatic hydroxyl groups is 2. The molecular formula is C50H80N11O19+. The number of aliphatic hydroxyl groups excluding tert-OH is 2. The molecule has 0 radical (unpaired) electrons. The number of carbonyl (C=O) groups is 13. The first-order chi connectivity index (χ1) is 37.4. The molecule has 21 N–H and O–H groups in total. The summed E-state index contributed by atoms with van der Waals surface area (Å²) in [5, 5.41) is 79.0. The molecule has 448 valence electrons. The van der Waals surface area contributed by atoms with Crippen molar-refractivity contribution in [1.29, 1.82) is 0 Å². The first kappa shape index (κ1) is 69.9. The van der Waals surface area contributed by atoms with E-state index in [9.17, 15) is 93.0 Å². The number of carboxylic acids is 4. The third kappa shape index (κ3) is 26.5. The molecule has 0 spiro atoms. The smallest absolute Gasteiger partial charge is 0.320 e.